The third-order valence-corrected chi connectivity index (χ3v) is 5.54. The SMILES string of the molecule is O=C1c2ccccc2C(=O)N1OC(=O)C1(Sc2ccccc2)CC1. The summed E-state index contributed by atoms with van der Waals surface area (Å²) in [5.74, 6) is -1.74. The average molecular weight is 339 g/mol. The van der Waals surface area contributed by atoms with Crippen molar-refractivity contribution in [3.05, 3.63) is 65.7 Å². The van der Waals surface area contributed by atoms with E-state index in [-0.39, 0.29) is 11.1 Å². The molecule has 0 spiro atoms. The molecule has 0 saturated heterocycles. The van der Waals surface area contributed by atoms with Crippen LogP contribution in [0, 0.1) is 0 Å². The minimum atomic E-state index is -0.712. The van der Waals surface area contributed by atoms with Gasteiger partial charge in [-0.25, -0.2) is 4.79 Å². The largest absolute Gasteiger partial charge is 0.349 e. The second-order valence-corrected chi connectivity index (χ2v) is 7.20. The van der Waals surface area contributed by atoms with Crippen LogP contribution < -0.4 is 0 Å². The van der Waals surface area contributed by atoms with Crippen molar-refractivity contribution >= 4 is 29.5 Å². The summed E-state index contributed by atoms with van der Waals surface area (Å²) in [6.45, 7) is 0. The van der Waals surface area contributed by atoms with E-state index in [1.165, 1.54) is 11.8 Å². The Morgan fingerprint density at radius 1 is 0.917 bits per heavy atom. The van der Waals surface area contributed by atoms with Crippen molar-refractivity contribution in [2.24, 2.45) is 0 Å². The minimum Gasteiger partial charge on any atom is -0.328 e. The highest BCUT2D eigenvalue weighted by Crippen LogP contribution is 2.52. The van der Waals surface area contributed by atoms with Crippen LogP contribution in [0.15, 0.2) is 59.5 Å². The highest BCUT2D eigenvalue weighted by molar-refractivity contribution is 8.01. The van der Waals surface area contributed by atoms with Gasteiger partial charge in [0.2, 0.25) is 0 Å². The van der Waals surface area contributed by atoms with Crippen LogP contribution in [0.4, 0.5) is 0 Å². The van der Waals surface area contributed by atoms with Gasteiger partial charge >= 0.3 is 5.97 Å². The quantitative estimate of drug-likeness (QED) is 0.801. The summed E-state index contributed by atoms with van der Waals surface area (Å²) in [5, 5.41) is 0.582. The maximum atomic E-state index is 12.5. The number of fused-ring (bicyclic) bond motifs is 1. The van der Waals surface area contributed by atoms with E-state index >= 15 is 0 Å². The topological polar surface area (TPSA) is 63.7 Å². The molecule has 0 atom stereocenters. The molecule has 1 heterocycles. The number of thioether (sulfide) groups is 1. The fourth-order valence-electron chi connectivity index (χ4n) is 2.59. The van der Waals surface area contributed by atoms with Gasteiger partial charge in [0.25, 0.3) is 11.8 Å². The van der Waals surface area contributed by atoms with Crippen LogP contribution in [-0.4, -0.2) is 27.6 Å². The van der Waals surface area contributed by atoms with Crippen molar-refractivity contribution < 1.29 is 19.2 Å². The van der Waals surface area contributed by atoms with Crippen molar-refractivity contribution in [1.82, 2.24) is 5.06 Å². The van der Waals surface area contributed by atoms with Crippen molar-refractivity contribution in [3.63, 3.8) is 0 Å². The molecule has 2 aliphatic rings. The smallest absolute Gasteiger partial charge is 0.328 e. The normalized spacial score (nSPS) is 17.6. The monoisotopic (exact) mass is 339 g/mol. The number of imide groups is 1. The first-order valence-corrected chi connectivity index (χ1v) is 8.37. The molecule has 120 valence electrons. The molecule has 1 saturated carbocycles. The van der Waals surface area contributed by atoms with E-state index in [0.29, 0.717) is 17.9 Å². The van der Waals surface area contributed by atoms with Gasteiger partial charge in [-0.05, 0) is 37.1 Å². The Morgan fingerprint density at radius 2 is 1.46 bits per heavy atom. The molecule has 1 aliphatic carbocycles. The van der Waals surface area contributed by atoms with Crippen LogP contribution in [0.2, 0.25) is 0 Å². The van der Waals surface area contributed by atoms with Crippen LogP contribution in [-0.2, 0) is 9.63 Å². The number of hydrogen-bond acceptors (Lipinski definition) is 5. The van der Waals surface area contributed by atoms with Crippen LogP contribution in [0.1, 0.15) is 33.6 Å². The Kier molecular flexibility index (Phi) is 3.42. The number of carbonyl (C=O) groups excluding carboxylic acids is 3. The molecule has 0 aromatic heterocycles. The lowest BCUT2D eigenvalue weighted by Crippen LogP contribution is -2.36. The molecular formula is C18H13NO4S. The Hall–Kier alpha value is -2.60. The highest BCUT2D eigenvalue weighted by Gasteiger charge is 2.54. The number of hydrogen-bond donors (Lipinski definition) is 0. The number of carbonyl (C=O) groups is 3. The Bertz CT molecular complexity index is 810. The lowest BCUT2D eigenvalue weighted by molar-refractivity contribution is -0.168. The molecule has 0 N–H and O–H groups in total. The predicted octanol–water partition coefficient (Wildman–Crippen LogP) is 3.07. The fourth-order valence-corrected chi connectivity index (χ4v) is 3.76. The highest BCUT2D eigenvalue weighted by atomic mass is 32.2. The summed E-state index contributed by atoms with van der Waals surface area (Å²) >= 11 is 1.41. The molecule has 0 unspecified atom stereocenters. The molecule has 2 aromatic carbocycles. The van der Waals surface area contributed by atoms with E-state index in [2.05, 4.69) is 0 Å². The minimum absolute atomic E-state index is 0.260. The summed E-state index contributed by atoms with van der Waals surface area (Å²) in [7, 11) is 0. The van der Waals surface area contributed by atoms with Gasteiger partial charge in [-0.1, -0.05) is 35.4 Å². The van der Waals surface area contributed by atoms with E-state index in [4.69, 9.17) is 4.84 Å². The summed E-state index contributed by atoms with van der Waals surface area (Å²) in [4.78, 5) is 43.2. The van der Waals surface area contributed by atoms with Gasteiger partial charge in [0.05, 0.1) is 11.1 Å². The zero-order valence-corrected chi connectivity index (χ0v) is 13.4. The molecule has 1 aliphatic heterocycles. The van der Waals surface area contributed by atoms with Crippen LogP contribution in [0.25, 0.3) is 0 Å². The van der Waals surface area contributed by atoms with E-state index < -0.39 is 22.5 Å². The lowest BCUT2D eigenvalue weighted by Gasteiger charge is -2.18. The average Bonchev–Trinajstić information content (AvgIpc) is 3.35. The summed E-state index contributed by atoms with van der Waals surface area (Å²) < 4.78 is -0.712. The molecule has 24 heavy (non-hydrogen) atoms. The van der Waals surface area contributed by atoms with Gasteiger partial charge in [0.15, 0.2) is 0 Å². The Labute approximate surface area is 142 Å². The molecule has 2 amide bonds. The maximum absolute atomic E-state index is 12.5. The number of amides is 2. The molecule has 2 aromatic rings. The second-order valence-electron chi connectivity index (χ2n) is 5.74. The molecule has 5 nitrogen and oxygen atoms in total. The van der Waals surface area contributed by atoms with E-state index in [1.807, 2.05) is 30.3 Å². The van der Waals surface area contributed by atoms with Crippen molar-refractivity contribution in [1.29, 1.82) is 0 Å². The number of hydroxylamine groups is 2. The van der Waals surface area contributed by atoms with Gasteiger partial charge in [-0.15, -0.1) is 11.8 Å². The van der Waals surface area contributed by atoms with Gasteiger partial charge in [0, 0.05) is 4.90 Å². The van der Waals surface area contributed by atoms with E-state index in [0.717, 1.165) is 4.90 Å². The first-order chi connectivity index (χ1) is 11.6. The van der Waals surface area contributed by atoms with Gasteiger partial charge in [0.1, 0.15) is 4.75 Å². The first kappa shape index (κ1) is 15.0. The van der Waals surface area contributed by atoms with Gasteiger partial charge in [-0.3, -0.25) is 9.59 Å². The number of nitrogens with zero attached hydrogens (tertiary/aromatic N) is 1. The standard InChI is InChI=1S/C18H13NO4S/c20-15-13-8-4-5-9-14(13)16(21)19(15)23-17(22)18(10-11-18)24-12-6-2-1-3-7-12/h1-9H,10-11H2. The Morgan fingerprint density at radius 3 is 2.00 bits per heavy atom. The Balaban J connectivity index is 1.51. The van der Waals surface area contributed by atoms with Crippen LogP contribution >= 0.6 is 11.8 Å². The summed E-state index contributed by atoms with van der Waals surface area (Å²) in [6.07, 6.45) is 1.32. The molecule has 0 radical (unpaired) electrons. The van der Waals surface area contributed by atoms with E-state index in [9.17, 15) is 14.4 Å². The molecule has 0 bridgehead atoms. The van der Waals surface area contributed by atoms with Crippen molar-refractivity contribution in [2.45, 2.75) is 22.5 Å². The number of rotatable bonds is 4. The van der Waals surface area contributed by atoms with Crippen molar-refractivity contribution in [3.8, 4) is 0 Å². The molecule has 6 heteroatoms. The maximum Gasteiger partial charge on any atom is 0.349 e. The van der Waals surface area contributed by atoms with Crippen LogP contribution in [0.5, 0.6) is 0 Å². The zero-order valence-electron chi connectivity index (χ0n) is 12.6. The van der Waals surface area contributed by atoms with Crippen molar-refractivity contribution in [2.75, 3.05) is 0 Å². The zero-order chi connectivity index (χ0) is 16.7. The second kappa shape index (κ2) is 5.49. The third kappa shape index (κ3) is 2.39. The summed E-state index contributed by atoms with van der Waals surface area (Å²) in [6, 6.07) is 16.0. The number of benzene rings is 2. The summed E-state index contributed by atoms with van der Waals surface area (Å²) in [5.41, 5.74) is 0.520. The van der Waals surface area contributed by atoms with Gasteiger partial charge < -0.3 is 4.84 Å². The molecule has 4 rings (SSSR count). The lowest BCUT2D eigenvalue weighted by atomic mass is 10.1. The fraction of sp³-hybridized carbons (Fsp3) is 0.167. The predicted molar refractivity (Wildman–Crippen MR) is 87.3 cm³/mol. The van der Waals surface area contributed by atoms with E-state index in [1.54, 1.807) is 24.3 Å². The first-order valence-electron chi connectivity index (χ1n) is 7.55. The third-order valence-electron chi connectivity index (χ3n) is 4.06. The van der Waals surface area contributed by atoms with Crippen LogP contribution in [0.3, 0.4) is 0 Å². The molecule has 1 fully saturated rings. The van der Waals surface area contributed by atoms with Gasteiger partial charge in [-0.2, -0.15) is 0 Å². The molecular weight excluding hydrogens is 326 g/mol.